The normalized spacial score (nSPS) is 24.3. The van der Waals surface area contributed by atoms with E-state index >= 15 is 0 Å². The monoisotopic (exact) mass is 528 g/mol. The average Bonchev–Trinajstić information content (AvgIpc) is 3.13. The van der Waals surface area contributed by atoms with Crippen LogP contribution in [0.5, 0.6) is 5.75 Å². The zero-order chi connectivity index (χ0) is 26.5. The number of halogens is 1. The number of esters is 1. The highest BCUT2D eigenvalue weighted by atomic mass is 31.2. The summed E-state index contributed by atoms with van der Waals surface area (Å²) in [5.74, 6) is -1.65. The first kappa shape index (κ1) is 27.8. The van der Waals surface area contributed by atoms with E-state index in [-0.39, 0.29) is 11.6 Å². The lowest BCUT2D eigenvalue weighted by molar-refractivity contribution is -0.149. The van der Waals surface area contributed by atoms with Gasteiger partial charge in [0, 0.05) is 12.1 Å². The molecule has 12 nitrogen and oxygen atoms in total. The fraction of sp³-hybridized carbons (Fsp3) is 0.500. The molecular weight excluding hydrogens is 498 g/mol. The summed E-state index contributed by atoms with van der Waals surface area (Å²) in [4.78, 5) is 28.0. The zero-order valence-electron chi connectivity index (χ0n) is 20.0. The lowest BCUT2D eigenvalue weighted by Gasteiger charge is -2.25. The lowest BCUT2D eigenvalue weighted by atomic mass is 10.00. The van der Waals surface area contributed by atoms with Crippen molar-refractivity contribution < 1.29 is 37.4 Å². The van der Waals surface area contributed by atoms with Gasteiger partial charge in [0.25, 0.3) is 0 Å². The van der Waals surface area contributed by atoms with E-state index in [0.29, 0.717) is 0 Å². The van der Waals surface area contributed by atoms with Gasteiger partial charge in [-0.1, -0.05) is 18.2 Å². The average molecular weight is 528 g/mol. The number of anilines is 1. The molecule has 0 aliphatic carbocycles. The molecule has 14 heteroatoms. The van der Waals surface area contributed by atoms with E-state index in [4.69, 9.17) is 24.3 Å². The first-order valence-electron chi connectivity index (χ1n) is 11.2. The second kappa shape index (κ2) is 11.9. The van der Waals surface area contributed by atoms with Crippen molar-refractivity contribution in [3.05, 3.63) is 53.1 Å². The maximum absolute atomic E-state index is 13.9. The molecule has 0 spiro atoms. The van der Waals surface area contributed by atoms with Gasteiger partial charge in [-0.05, 0) is 39.0 Å². The summed E-state index contributed by atoms with van der Waals surface area (Å²) in [6.45, 7) is 3.24. The van der Waals surface area contributed by atoms with Crippen molar-refractivity contribution in [3.8, 4) is 5.75 Å². The van der Waals surface area contributed by atoms with E-state index in [1.165, 1.54) is 31.3 Å². The van der Waals surface area contributed by atoms with Crippen molar-refractivity contribution in [1.82, 2.24) is 14.6 Å². The Morgan fingerprint density at radius 3 is 2.61 bits per heavy atom. The van der Waals surface area contributed by atoms with Gasteiger partial charge in [0.2, 0.25) is 0 Å². The van der Waals surface area contributed by atoms with Gasteiger partial charge in [-0.3, -0.25) is 18.3 Å². The Kier molecular flexibility index (Phi) is 9.20. The molecule has 36 heavy (non-hydrogen) atoms. The third-order valence-corrected chi connectivity index (χ3v) is 6.90. The number of para-hydroxylation sites is 1. The largest absolute Gasteiger partial charge is 0.462 e. The highest BCUT2D eigenvalue weighted by molar-refractivity contribution is 7.52. The Balaban J connectivity index is 1.78. The summed E-state index contributed by atoms with van der Waals surface area (Å²) in [5, 5.41) is 13.1. The first-order chi connectivity index (χ1) is 17.0. The topological polar surface area (TPSA) is 164 Å². The van der Waals surface area contributed by atoms with Crippen LogP contribution in [-0.2, 0) is 23.4 Å². The van der Waals surface area contributed by atoms with Crippen LogP contribution in [0, 0.1) is 5.92 Å². The maximum Gasteiger partial charge on any atom is 0.459 e. The van der Waals surface area contributed by atoms with Gasteiger partial charge >= 0.3 is 19.4 Å². The number of ether oxygens (including phenoxy) is 2. The van der Waals surface area contributed by atoms with Gasteiger partial charge in [-0.15, -0.1) is 0 Å². The summed E-state index contributed by atoms with van der Waals surface area (Å²) < 4.78 is 50.4. The summed E-state index contributed by atoms with van der Waals surface area (Å²) in [7, 11) is -4.24. The molecule has 1 unspecified atom stereocenters. The number of aromatic nitrogens is 2. The fourth-order valence-corrected chi connectivity index (χ4v) is 5.00. The minimum atomic E-state index is -4.24. The molecule has 1 aliphatic rings. The Hall–Kier alpha value is -2.83. The second-order valence-electron chi connectivity index (χ2n) is 8.45. The van der Waals surface area contributed by atoms with Crippen LogP contribution >= 0.6 is 7.75 Å². The number of hydrogen-bond acceptors (Lipinski definition) is 10. The Labute approximate surface area is 207 Å². The Morgan fingerprint density at radius 2 is 2.00 bits per heavy atom. The van der Waals surface area contributed by atoms with Crippen LogP contribution in [0.2, 0.25) is 0 Å². The van der Waals surface area contributed by atoms with Crippen molar-refractivity contribution in [2.45, 2.75) is 51.4 Å². The maximum atomic E-state index is 13.9. The van der Waals surface area contributed by atoms with E-state index in [0.717, 1.165) is 4.57 Å². The Bertz CT molecular complexity index is 1130. The van der Waals surface area contributed by atoms with Crippen molar-refractivity contribution >= 4 is 19.5 Å². The minimum absolute atomic E-state index is 0.0270. The molecule has 3 rings (SSSR count). The predicted molar refractivity (Wildman–Crippen MR) is 127 cm³/mol. The number of carbonyl (C=O) groups is 1. The van der Waals surface area contributed by atoms with E-state index in [2.05, 4.69) is 10.1 Å². The number of nitrogens with one attached hydrogen (secondary N) is 1. The number of carbonyl (C=O) groups excluding carboxylic acids is 1. The van der Waals surface area contributed by atoms with Crippen molar-refractivity contribution in [2.75, 3.05) is 19.0 Å². The molecule has 198 valence electrons. The number of alkyl halides is 1. The zero-order valence-corrected chi connectivity index (χ0v) is 20.9. The number of nitrogens with zero attached hydrogens (tertiary/aromatic N) is 2. The number of aliphatic hydroxyl groups excluding tert-OH is 1. The molecule has 0 radical (unpaired) electrons. The van der Waals surface area contributed by atoms with E-state index in [9.17, 15) is 23.7 Å². The van der Waals surface area contributed by atoms with Gasteiger partial charge in [0.15, 0.2) is 6.23 Å². The highest BCUT2D eigenvalue weighted by Crippen LogP contribution is 2.46. The standard InChI is InChI=1S/C22H30FN4O8P/c1-13(2)33-21(29)14(3)26-36(31,35-15-7-5-4-6-8-15)32-12-17-16(11-23)19(28)20(34-17)27-10-9-18(24)25-22(27)30/h4-10,13-14,16-17,19-20,28H,11-12H2,1-3H3,(H,26,31)(H2,24,25,30)/t14-,16+,17+,19+,20+,36?/m0/s1. The van der Waals surface area contributed by atoms with Crippen LogP contribution in [0.1, 0.15) is 27.0 Å². The molecule has 1 aliphatic heterocycles. The first-order valence-corrected chi connectivity index (χ1v) is 12.8. The van der Waals surface area contributed by atoms with Crippen molar-refractivity contribution in [1.29, 1.82) is 0 Å². The van der Waals surface area contributed by atoms with E-state index in [1.54, 1.807) is 32.0 Å². The molecule has 6 atom stereocenters. The SMILES string of the molecule is CC(C)OC(=O)[C@H](C)NP(=O)(OC[C@H]1O[C@@H](n2ccc(N)nc2=O)[C@H](O)[C@@H]1CF)Oc1ccccc1. The summed E-state index contributed by atoms with van der Waals surface area (Å²) in [5.41, 5.74) is 4.70. The van der Waals surface area contributed by atoms with Crippen LogP contribution in [-0.4, -0.2) is 58.3 Å². The number of nitrogens with two attached hydrogens (primary N) is 1. The molecule has 0 bridgehead atoms. The highest BCUT2D eigenvalue weighted by Gasteiger charge is 2.46. The predicted octanol–water partition coefficient (Wildman–Crippen LogP) is 1.80. The van der Waals surface area contributed by atoms with Gasteiger partial charge < -0.3 is 24.8 Å². The van der Waals surface area contributed by atoms with Crippen molar-refractivity contribution in [3.63, 3.8) is 0 Å². The van der Waals surface area contributed by atoms with Gasteiger partial charge in [0.05, 0.1) is 25.5 Å². The molecule has 1 saturated heterocycles. The molecule has 0 saturated carbocycles. The van der Waals surface area contributed by atoms with Gasteiger partial charge in [-0.2, -0.15) is 10.1 Å². The second-order valence-corrected chi connectivity index (χ2v) is 10.1. The van der Waals surface area contributed by atoms with Gasteiger partial charge in [-0.25, -0.2) is 9.36 Å². The molecular formula is C22H30FN4O8P. The molecule has 1 fully saturated rings. The number of benzene rings is 1. The summed E-state index contributed by atoms with van der Waals surface area (Å²) >= 11 is 0. The number of nitrogen functional groups attached to an aromatic ring is 1. The number of aliphatic hydroxyl groups is 1. The molecule has 2 aromatic rings. The lowest BCUT2D eigenvalue weighted by Crippen LogP contribution is -2.37. The van der Waals surface area contributed by atoms with E-state index in [1.807, 2.05) is 0 Å². The Morgan fingerprint density at radius 1 is 1.31 bits per heavy atom. The van der Waals surface area contributed by atoms with E-state index < -0.39 is 69.2 Å². The van der Waals surface area contributed by atoms with Crippen LogP contribution in [0.25, 0.3) is 0 Å². The van der Waals surface area contributed by atoms with Crippen molar-refractivity contribution in [2.24, 2.45) is 5.92 Å². The minimum Gasteiger partial charge on any atom is -0.462 e. The number of rotatable bonds is 11. The smallest absolute Gasteiger partial charge is 0.459 e. The third kappa shape index (κ3) is 6.89. The molecule has 4 N–H and O–H groups in total. The van der Waals surface area contributed by atoms with Crippen LogP contribution in [0.15, 0.2) is 47.4 Å². The quantitative estimate of drug-likeness (QED) is 0.288. The molecule has 1 aromatic carbocycles. The molecule has 0 amide bonds. The number of hydrogen-bond donors (Lipinski definition) is 3. The summed E-state index contributed by atoms with van der Waals surface area (Å²) in [6, 6.07) is 8.33. The molecule has 1 aromatic heterocycles. The van der Waals surface area contributed by atoms with Crippen LogP contribution < -0.4 is 21.0 Å². The summed E-state index contributed by atoms with van der Waals surface area (Å²) in [6.07, 6.45) is -2.97. The van der Waals surface area contributed by atoms with Gasteiger partial charge in [0.1, 0.15) is 23.7 Å². The molecule has 2 heterocycles. The van der Waals surface area contributed by atoms with Crippen LogP contribution in [0.4, 0.5) is 10.2 Å². The fourth-order valence-electron chi connectivity index (χ4n) is 3.50. The van der Waals surface area contributed by atoms with Crippen LogP contribution in [0.3, 0.4) is 0 Å². The third-order valence-electron chi connectivity index (χ3n) is 5.26.